The molecule has 1 aliphatic carbocycles. The minimum absolute atomic E-state index is 0.668. The third-order valence-corrected chi connectivity index (χ3v) is 4.73. The van der Waals surface area contributed by atoms with Crippen LogP contribution in [0.25, 0.3) is 0 Å². The molecule has 2 aliphatic rings. The predicted molar refractivity (Wildman–Crippen MR) is 74.2 cm³/mol. The van der Waals surface area contributed by atoms with Gasteiger partial charge in [-0.3, -0.25) is 0 Å². The van der Waals surface area contributed by atoms with Gasteiger partial charge in [0.05, 0.1) is 7.11 Å². The van der Waals surface area contributed by atoms with Crippen LogP contribution in [0.4, 0.5) is 0 Å². The maximum Gasteiger partial charge on any atom is 0.122 e. The van der Waals surface area contributed by atoms with E-state index in [1.165, 1.54) is 36.8 Å². The summed E-state index contributed by atoms with van der Waals surface area (Å²) in [5.41, 5.74) is 3.00. The quantitative estimate of drug-likeness (QED) is 0.883. The van der Waals surface area contributed by atoms with E-state index in [2.05, 4.69) is 30.4 Å². The van der Waals surface area contributed by atoms with Gasteiger partial charge in [0.15, 0.2) is 0 Å². The molecule has 1 N–H and O–H groups in total. The van der Waals surface area contributed by atoms with Gasteiger partial charge in [0, 0.05) is 24.1 Å². The van der Waals surface area contributed by atoms with Gasteiger partial charge in [-0.25, -0.2) is 0 Å². The van der Waals surface area contributed by atoms with E-state index in [0.717, 1.165) is 24.3 Å². The molecular weight excluding hydrogens is 222 g/mol. The Bertz CT molecular complexity index is 415. The molecule has 1 aromatic rings. The van der Waals surface area contributed by atoms with E-state index >= 15 is 0 Å². The number of aryl methyl sites for hydroxylation is 1. The van der Waals surface area contributed by atoms with Crippen molar-refractivity contribution < 1.29 is 4.74 Å². The van der Waals surface area contributed by atoms with Gasteiger partial charge in [0.2, 0.25) is 0 Å². The molecule has 1 fully saturated rings. The first-order valence-electron chi connectivity index (χ1n) is 7.24. The van der Waals surface area contributed by atoms with Crippen LogP contribution in [0.15, 0.2) is 18.2 Å². The number of fused-ring (bicyclic) bond motifs is 3. The predicted octanol–water partition coefficient (Wildman–Crippen LogP) is 3.11. The highest BCUT2D eigenvalue weighted by Crippen LogP contribution is 2.45. The highest BCUT2D eigenvalue weighted by molar-refractivity contribution is 5.46. The Labute approximate surface area is 110 Å². The molecule has 1 heterocycles. The molecule has 3 unspecified atom stereocenters. The topological polar surface area (TPSA) is 21.3 Å². The maximum atomic E-state index is 5.59. The van der Waals surface area contributed by atoms with Crippen LogP contribution in [0, 0.1) is 5.92 Å². The number of nitrogens with one attached hydrogen (secondary N) is 1. The van der Waals surface area contributed by atoms with Crippen molar-refractivity contribution in [1.82, 2.24) is 5.32 Å². The Kier molecular flexibility index (Phi) is 3.29. The van der Waals surface area contributed by atoms with E-state index in [4.69, 9.17) is 4.74 Å². The lowest BCUT2D eigenvalue weighted by Gasteiger charge is -2.31. The van der Waals surface area contributed by atoms with Crippen molar-refractivity contribution in [3.05, 3.63) is 29.3 Å². The summed E-state index contributed by atoms with van der Waals surface area (Å²) in [5, 5.41) is 3.74. The van der Waals surface area contributed by atoms with Crippen molar-refractivity contribution in [3.8, 4) is 5.75 Å². The van der Waals surface area contributed by atoms with Gasteiger partial charge in [0.25, 0.3) is 0 Å². The summed E-state index contributed by atoms with van der Waals surface area (Å²) in [6.07, 6.45) is 5.14. The molecule has 2 nitrogen and oxygen atoms in total. The average Bonchev–Trinajstić information content (AvgIpc) is 2.82. The number of rotatable bonds is 3. The van der Waals surface area contributed by atoms with Gasteiger partial charge in [-0.1, -0.05) is 25.5 Å². The fourth-order valence-corrected chi connectivity index (χ4v) is 3.94. The van der Waals surface area contributed by atoms with Crippen molar-refractivity contribution in [3.63, 3.8) is 0 Å². The lowest BCUT2D eigenvalue weighted by Crippen LogP contribution is -2.28. The minimum atomic E-state index is 0.668. The SMILES string of the molecule is CCCC1NCC2c3c(cccc3OC)CCC12. The van der Waals surface area contributed by atoms with Crippen molar-refractivity contribution >= 4 is 0 Å². The third kappa shape index (κ3) is 1.83. The first-order valence-corrected chi connectivity index (χ1v) is 7.24. The molecule has 0 amide bonds. The summed E-state index contributed by atoms with van der Waals surface area (Å²) in [5.74, 6) is 2.58. The third-order valence-electron chi connectivity index (χ3n) is 4.73. The van der Waals surface area contributed by atoms with Crippen molar-refractivity contribution in [1.29, 1.82) is 0 Å². The van der Waals surface area contributed by atoms with Crippen LogP contribution in [-0.4, -0.2) is 19.7 Å². The molecule has 1 saturated heterocycles. The van der Waals surface area contributed by atoms with Gasteiger partial charge < -0.3 is 10.1 Å². The number of ether oxygens (including phenoxy) is 1. The van der Waals surface area contributed by atoms with Crippen molar-refractivity contribution in [2.24, 2.45) is 5.92 Å². The molecule has 1 aliphatic heterocycles. The Morgan fingerprint density at radius 2 is 2.28 bits per heavy atom. The Morgan fingerprint density at radius 3 is 3.06 bits per heavy atom. The molecule has 3 rings (SSSR count). The second kappa shape index (κ2) is 4.93. The molecule has 0 spiro atoms. The van der Waals surface area contributed by atoms with Crippen molar-refractivity contribution in [2.45, 2.75) is 44.6 Å². The summed E-state index contributed by atoms with van der Waals surface area (Å²) < 4.78 is 5.59. The highest BCUT2D eigenvalue weighted by Gasteiger charge is 2.40. The van der Waals surface area contributed by atoms with Crippen molar-refractivity contribution in [2.75, 3.05) is 13.7 Å². The van der Waals surface area contributed by atoms with Gasteiger partial charge in [-0.2, -0.15) is 0 Å². The molecular formula is C16H23NO. The van der Waals surface area contributed by atoms with Gasteiger partial charge in [-0.15, -0.1) is 0 Å². The van der Waals surface area contributed by atoms with Crippen LogP contribution < -0.4 is 10.1 Å². The van der Waals surface area contributed by atoms with E-state index in [0.29, 0.717) is 5.92 Å². The zero-order chi connectivity index (χ0) is 12.5. The maximum absolute atomic E-state index is 5.59. The molecule has 18 heavy (non-hydrogen) atoms. The van der Waals surface area contributed by atoms with Crippen LogP contribution in [0.5, 0.6) is 5.75 Å². The lowest BCUT2D eigenvalue weighted by atomic mass is 9.73. The normalized spacial score (nSPS) is 29.8. The Balaban J connectivity index is 1.94. The number of benzene rings is 1. The standard InChI is InChI=1S/C16H23NO/c1-3-5-14-12-9-8-11-6-4-7-15(18-2)16(11)13(12)10-17-14/h4,6-7,12-14,17H,3,5,8-10H2,1-2H3. The van der Waals surface area contributed by atoms with Gasteiger partial charge in [-0.05, 0) is 36.8 Å². The van der Waals surface area contributed by atoms with Crippen LogP contribution in [0.1, 0.15) is 43.2 Å². The van der Waals surface area contributed by atoms with Crippen LogP contribution in [0.3, 0.4) is 0 Å². The Morgan fingerprint density at radius 1 is 1.39 bits per heavy atom. The highest BCUT2D eigenvalue weighted by atomic mass is 16.5. The first kappa shape index (κ1) is 12.0. The molecule has 2 heteroatoms. The van der Waals surface area contributed by atoms with E-state index in [9.17, 15) is 0 Å². The number of methoxy groups -OCH3 is 1. The van der Waals surface area contributed by atoms with Crippen LogP contribution in [0.2, 0.25) is 0 Å². The van der Waals surface area contributed by atoms with E-state index in [1.54, 1.807) is 7.11 Å². The smallest absolute Gasteiger partial charge is 0.122 e. The largest absolute Gasteiger partial charge is 0.496 e. The van der Waals surface area contributed by atoms with Crippen LogP contribution >= 0.6 is 0 Å². The lowest BCUT2D eigenvalue weighted by molar-refractivity contribution is 0.343. The molecule has 0 bridgehead atoms. The zero-order valence-electron chi connectivity index (χ0n) is 11.4. The van der Waals surface area contributed by atoms with E-state index in [-0.39, 0.29) is 0 Å². The van der Waals surface area contributed by atoms with Crippen LogP contribution in [-0.2, 0) is 6.42 Å². The molecule has 0 aromatic heterocycles. The first-order chi connectivity index (χ1) is 8.85. The zero-order valence-corrected chi connectivity index (χ0v) is 11.4. The molecule has 0 radical (unpaired) electrons. The number of hydrogen-bond donors (Lipinski definition) is 1. The minimum Gasteiger partial charge on any atom is -0.496 e. The molecule has 0 saturated carbocycles. The van der Waals surface area contributed by atoms with Gasteiger partial charge in [0.1, 0.15) is 5.75 Å². The number of hydrogen-bond acceptors (Lipinski definition) is 2. The second-order valence-electron chi connectivity index (χ2n) is 5.65. The van der Waals surface area contributed by atoms with E-state index < -0.39 is 0 Å². The fraction of sp³-hybridized carbons (Fsp3) is 0.625. The van der Waals surface area contributed by atoms with Gasteiger partial charge >= 0.3 is 0 Å². The molecule has 3 atom stereocenters. The summed E-state index contributed by atoms with van der Waals surface area (Å²) in [6.45, 7) is 3.41. The molecule has 1 aromatic carbocycles. The monoisotopic (exact) mass is 245 g/mol. The fourth-order valence-electron chi connectivity index (χ4n) is 3.94. The second-order valence-corrected chi connectivity index (χ2v) is 5.65. The van der Waals surface area contributed by atoms with E-state index in [1.807, 2.05) is 0 Å². The summed E-state index contributed by atoms with van der Waals surface area (Å²) >= 11 is 0. The summed E-state index contributed by atoms with van der Waals surface area (Å²) in [4.78, 5) is 0. The summed E-state index contributed by atoms with van der Waals surface area (Å²) in [6, 6.07) is 7.25. The Hall–Kier alpha value is -1.02. The average molecular weight is 245 g/mol. The molecule has 98 valence electrons. The summed E-state index contributed by atoms with van der Waals surface area (Å²) in [7, 11) is 1.80.